The summed E-state index contributed by atoms with van der Waals surface area (Å²) in [5.41, 5.74) is 1.08. The van der Waals surface area contributed by atoms with E-state index in [-0.39, 0.29) is 0 Å². The molecule has 0 aromatic heterocycles. The number of nitrogens with one attached hydrogen (secondary N) is 1. The van der Waals surface area contributed by atoms with E-state index < -0.39 is 0 Å². The molecule has 102 valence electrons. The van der Waals surface area contributed by atoms with E-state index in [1.54, 1.807) is 0 Å². The van der Waals surface area contributed by atoms with Crippen molar-refractivity contribution in [3.63, 3.8) is 0 Å². The van der Waals surface area contributed by atoms with Crippen LogP contribution in [0.5, 0.6) is 0 Å². The number of halogens is 2. The topological polar surface area (TPSA) is 12.0 Å². The molecule has 0 aliphatic carbocycles. The average molecular weight is 288 g/mol. The van der Waals surface area contributed by atoms with Crippen LogP contribution in [-0.2, 0) is 6.42 Å². The number of rotatable bonds is 7. The van der Waals surface area contributed by atoms with Crippen LogP contribution in [0.25, 0.3) is 0 Å². The molecule has 0 saturated heterocycles. The summed E-state index contributed by atoms with van der Waals surface area (Å²) < 4.78 is 0. The maximum absolute atomic E-state index is 6.21. The van der Waals surface area contributed by atoms with Crippen LogP contribution >= 0.6 is 23.2 Å². The van der Waals surface area contributed by atoms with Crippen LogP contribution in [0.2, 0.25) is 10.0 Å². The lowest BCUT2D eigenvalue weighted by Crippen LogP contribution is -2.26. The molecule has 1 aromatic carbocycles. The molecule has 1 rings (SSSR count). The fourth-order valence-corrected chi connectivity index (χ4v) is 2.51. The lowest BCUT2D eigenvalue weighted by molar-refractivity contribution is 0.365. The summed E-state index contributed by atoms with van der Waals surface area (Å²) in [5.74, 6) is 1.18. The molecule has 0 aliphatic rings. The third-order valence-corrected chi connectivity index (χ3v) is 4.16. The van der Waals surface area contributed by atoms with E-state index in [2.05, 4.69) is 26.1 Å². The Morgan fingerprint density at radius 1 is 1.11 bits per heavy atom. The summed E-state index contributed by atoms with van der Waals surface area (Å²) in [6.07, 6.45) is 2.12. The molecule has 0 aliphatic heterocycles. The van der Waals surface area contributed by atoms with Gasteiger partial charge in [0.2, 0.25) is 0 Å². The SMILES string of the molecule is CCCNCC(C)C(C)Cc1c(Cl)cccc1Cl. The summed E-state index contributed by atoms with van der Waals surface area (Å²) in [7, 11) is 0. The highest BCUT2D eigenvalue weighted by molar-refractivity contribution is 6.35. The molecule has 0 saturated carbocycles. The van der Waals surface area contributed by atoms with Crippen LogP contribution < -0.4 is 5.32 Å². The number of benzene rings is 1. The molecule has 2 atom stereocenters. The Bertz CT molecular complexity index is 345. The van der Waals surface area contributed by atoms with Crippen molar-refractivity contribution in [2.45, 2.75) is 33.6 Å². The second kappa shape index (κ2) is 8.04. The first-order chi connectivity index (χ1) is 8.56. The monoisotopic (exact) mass is 287 g/mol. The minimum absolute atomic E-state index is 0.562. The van der Waals surface area contributed by atoms with Crippen molar-refractivity contribution in [2.24, 2.45) is 11.8 Å². The first kappa shape index (κ1) is 15.8. The van der Waals surface area contributed by atoms with E-state index in [1.165, 1.54) is 6.42 Å². The van der Waals surface area contributed by atoms with Crippen molar-refractivity contribution in [3.8, 4) is 0 Å². The van der Waals surface area contributed by atoms with Gasteiger partial charge in [-0.2, -0.15) is 0 Å². The second-order valence-corrected chi connectivity index (χ2v) is 5.88. The predicted molar refractivity (Wildman–Crippen MR) is 81.7 cm³/mol. The molecule has 0 spiro atoms. The van der Waals surface area contributed by atoms with Crippen molar-refractivity contribution in [3.05, 3.63) is 33.8 Å². The highest BCUT2D eigenvalue weighted by atomic mass is 35.5. The van der Waals surface area contributed by atoms with E-state index in [1.807, 2.05) is 18.2 Å². The molecule has 0 fully saturated rings. The molecule has 2 unspecified atom stereocenters. The Morgan fingerprint density at radius 3 is 2.28 bits per heavy atom. The van der Waals surface area contributed by atoms with Crippen molar-refractivity contribution >= 4 is 23.2 Å². The number of hydrogen-bond acceptors (Lipinski definition) is 1. The van der Waals surface area contributed by atoms with E-state index in [0.717, 1.165) is 35.1 Å². The summed E-state index contributed by atoms with van der Waals surface area (Å²) in [4.78, 5) is 0. The van der Waals surface area contributed by atoms with Gasteiger partial charge in [0.15, 0.2) is 0 Å². The fraction of sp³-hybridized carbons (Fsp3) is 0.600. The van der Waals surface area contributed by atoms with Crippen LogP contribution in [0.15, 0.2) is 18.2 Å². The molecule has 1 nitrogen and oxygen atoms in total. The lowest BCUT2D eigenvalue weighted by Gasteiger charge is -2.21. The minimum Gasteiger partial charge on any atom is -0.316 e. The van der Waals surface area contributed by atoms with E-state index in [4.69, 9.17) is 23.2 Å². The molecular formula is C15H23Cl2N. The molecule has 0 heterocycles. The smallest absolute Gasteiger partial charge is 0.0452 e. The molecule has 1 N–H and O–H groups in total. The predicted octanol–water partition coefficient (Wildman–Crippen LogP) is 4.81. The summed E-state index contributed by atoms with van der Waals surface area (Å²) in [6, 6.07) is 5.72. The van der Waals surface area contributed by atoms with Crippen molar-refractivity contribution in [1.82, 2.24) is 5.32 Å². The van der Waals surface area contributed by atoms with Gasteiger partial charge in [0, 0.05) is 10.0 Å². The van der Waals surface area contributed by atoms with Gasteiger partial charge in [0.05, 0.1) is 0 Å². The largest absolute Gasteiger partial charge is 0.316 e. The summed E-state index contributed by atoms with van der Waals surface area (Å²) in [5, 5.41) is 5.03. The van der Waals surface area contributed by atoms with E-state index >= 15 is 0 Å². The average Bonchev–Trinajstić information content (AvgIpc) is 2.34. The van der Waals surface area contributed by atoms with Gasteiger partial charge in [-0.1, -0.05) is 50.0 Å². The van der Waals surface area contributed by atoms with E-state index in [9.17, 15) is 0 Å². The maximum atomic E-state index is 6.21. The lowest BCUT2D eigenvalue weighted by atomic mass is 9.89. The molecule has 0 bridgehead atoms. The third-order valence-electron chi connectivity index (χ3n) is 3.45. The zero-order valence-corrected chi connectivity index (χ0v) is 13.0. The van der Waals surface area contributed by atoms with Crippen molar-refractivity contribution in [1.29, 1.82) is 0 Å². The van der Waals surface area contributed by atoms with Crippen LogP contribution in [0, 0.1) is 11.8 Å². The van der Waals surface area contributed by atoms with Gasteiger partial charge in [-0.15, -0.1) is 0 Å². The van der Waals surface area contributed by atoms with Crippen molar-refractivity contribution in [2.75, 3.05) is 13.1 Å². The Balaban J connectivity index is 2.55. The van der Waals surface area contributed by atoms with Gasteiger partial charge in [-0.3, -0.25) is 0 Å². The van der Waals surface area contributed by atoms with Gasteiger partial charge < -0.3 is 5.32 Å². The third kappa shape index (κ3) is 4.79. The highest BCUT2D eigenvalue weighted by Gasteiger charge is 2.15. The quantitative estimate of drug-likeness (QED) is 0.710. The molecule has 18 heavy (non-hydrogen) atoms. The Morgan fingerprint density at radius 2 is 1.72 bits per heavy atom. The van der Waals surface area contributed by atoms with Gasteiger partial charge >= 0.3 is 0 Å². The first-order valence-corrected chi connectivity index (χ1v) is 7.45. The van der Waals surface area contributed by atoms with Crippen LogP contribution in [0.3, 0.4) is 0 Å². The minimum atomic E-state index is 0.562. The molecule has 1 aromatic rings. The zero-order chi connectivity index (χ0) is 13.5. The Hall–Kier alpha value is -0.240. The fourth-order valence-electron chi connectivity index (χ4n) is 1.96. The Kier molecular flexibility index (Phi) is 7.06. The first-order valence-electron chi connectivity index (χ1n) is 6.69. The molecule has 0 amide bonds. The normalized spacial score (nSPS) is 14.5. The van der Waals surface area contributed by atoms with Crippen molar-refractivity contribution < 1.29 is 0 Å². The summed E-state index contributed by atoms with van der Waals surface area (Å²) >= 11 is 12.4. The Labute approximate surface area is 121 Å². The highest BCUT2D eigenvalue weighted by Crippen LogP contribution is 2.28. The summed E-state index contributed by atoms with van der Waals surface area (Å²) in [6.45, 7) is 8.86. The maximum Gasteiger partial charge on any atom is 0.0452 e. The zero-order valence-electron chi connectivity index (χ0n) is 11.5. The van der Waals surface area contributed by atoms with E-state index in [0.29, 0.717) is 11.8 Å². The molecule has 3 heteroatoms. The second-order valence-electron chi connectivity index (χ2n) is 5.06. The van der Waals surface area contributed by atoms with Gasteiger partial charge in [0.1, 0.15) is 0 Å². The molecular weight excluding hydrogens is 265 g/mol. The van der Waals surface area contributed by atoms with Crippen LogP contribution in [0.4, 0.5) is 0 Å². The van der Waals surface area contributed by atoms with Crippen LogP contribution in [0.1, 0.15) is 32.8 Å². The van der Waals surface area contributed by atoms with Gasteiger partial charge in [-0.05, 0) is 55.5 Å². The van der Waals surface area contributed by atoms with Gasteiger partial charge in [0.25, 0.3) is 0 Å². The van der Waals surface area contributed by atoms with Crippen LogP contribution in [-0.4, -0.2) is 13.1 Å². The number of hydrogen-bond donors (Lipinski definition) is 1. The standard InChI is InChI=1S/C15H23Cl2N/c1-4-8-18-10-12(3)11(2)9-13-14(16)6-5-7-15(13)17/h5-7,11-12,18H,4,8-10H2,1-3H3. The molecule has 0 radical (unpaired) electrons. The van der Waals surface area contributed by atoms with Gasteiger partial charge in [-0.25, -0.2) is 0 Å².